The van der Waals surface area contributed by atoms with Crippen molar-refractivity contribution in [3.63, 3.8) is 0 Å². The average Bonchev–Trinajstić information content (AvgIpc) is 2.41. The molecular weight excluding hydrogens is 295 g/mol. The van der Waals surface area contributed by atoms with Crippen LogP contribution in [0.2, 0.25) is 0 Å². The molecule has 0 unspecified atom stereocenters. The lowest BCUT2D eigenvalue weighted by Gasteiger charge is -2.10. The Morgan fingerprint density at radius 2 is 2.14 bits per heavy atom. The van der Waals surface area contributed by atoms with Crippen LogP contribution in [0.15, 0.2) is 18.9 Å². The van der Waals surface area contributed by atoms with Crippen LogP contribution in [0.3, 0.4) is 0 Å². The number of alkyl halides is 3. The Kier molecular flexibility index (Phi) is 5.22. The molecule has 0 aromatic carbocycles. The zero-order valence-corrected chi connectivity index (χ0v) is 10.5. The zero-order valence-electron chi connectivity index (χ0n) is 10.5. The predicted octanol–water partition coefficient (Wildman–Crippen LogP) is 1.61. The van der Waals surface area contributed by atoms with Gasteiger partial charge in [-0.2, -0.15) is 13.2 Å². The third-order valence-corrected chi connectivity index (χ3v) is 2.06. The molecule has 0 fully saturated rings. The molecule has 114 valence electrons. The molecule has 1 heterocycles. The minimum absolute atomic E-state index is 0.0710. The fourth-order valence-corrected chi connectivity index (χ4v) is 1.21. The first kappa shape index (κ1) is 16.4. The molecule has 2 N–H and O–H groups in total. The predicted molar refractivity (Wildman–Crippen MR) is 62.4 cm³/mol. The van der Waals surface area contributed by atoms with Crippen LogP contribution in [-0.4, -0.2) is 33.7 Å². The first-order valence-corrected chi connectivity index (χ1v) is 5.43. The second-order valence-electron chi connectivity index (χ2n) is 3.59. The number of nitrogens with one attached hydrogen (secondary N) is 1. The van der Waals surface area contributed by atoms with E-state index in [0.717, 1.165) is 0 Å². The molecule has 1 amide bonds. The summed E-state index contributed by atoms with van der Waals surface area (Å²) in [6.45, 7) is 2.79. The Hall–Kier alpha value is -2.65. The van der Waals surface area contributed by atoms with Crippen LogP contribution in [0.4, 0.5) is 18.0 Å². The number of rotatable bonds is 5. The molecular formula is C11H10F3N3O4. The van der Waals surface area contributed by atoms with Crippen LogP contribution in [0, 0.1) is 0 Å². The highest BCUT2D eigenvalue weighted by Crippen LogP contribution is 2.30. The Morgan fingerprint density at radius 3 is 2.67 bits per heavy atom. The second kappa shape index (κ2) is 6.68. The molecule has 1 aromatic heterocycles. The number of nitrogens with zero attached hydrogens (tertiary/aromatic N) is 2. The summed E-state index contributed by atoms with van der Waals surface area (Å²) in [5, 5.41) is 10.8. The first-order chi connectivity index (χ1) is 9.75. The molecule has 0 saturated carbocycles. The van der Waals surface area contributed by atoms with E-state index in [0.29, 0.717) is 6.20 Å². The standard InChI is InChI=1S/C11H10F3N3O4/c1-2-3-21-10(20)16-5-7-15-4-6(9(18)19)8(17-7)11(12,13)14/h2,4H,1,3,5H2,(H,16,20)(H,18,19). The summed E-state index contributed by atoms with van der Waals surface area (Å²) in [5.74, 6) is -2.20. The monoisotopic (exact) mass is 305 g/mol. The van der Waals surface area contributed by atoms with Crippen molar-refractivity contribution in [3.05, 3.63) is 35.9 Å². The molecule has 21 heavy (non-hydrogen) atoms. The van der Waals surface area contributed by atoms with Gasteiger partial charge in [-0.05, 0) is 0 Å². The van der Waals surface area contributed by atoms with Crippen LogP contribution in [0.25, 0.3) is 0 Å². The molecule has 0 atom stereocenters. The van der Waals surface area contributed by atoms with E-state index < -0.39 is 41.9 Å². The summed E-state index contributed by atoms with van der Waals surface area (Å²) in [6, 6.07) is 0. The molecule has 0 aliphatic carbocycles. The lowest BCUT2D eigenvalue weighted by molar-refractivity contribution is -0.141. The maximum Gasteiger partial charge on any atom is 0.434 e. The summed E-state index contributed by atoms with van der Waals surface area (Å²) in [6.07, 6.45) is -4.01. The van der Waals surface area contributed by atoms with Gasteiger partial charge >= 0.3 is 18.2 Å². The maximum atomic E-state index is 12.7. The lowest BCUT2D eigenvalue weighted by Crippen LogP contribution is -2.26. The molecule has 7 nitrogen and oxygen atoms in total. The van der Waals surface area contributed by atoms with Crippen LogP contribution in [0.5, 0.6) is 0 Å². The van der Waals surface area contributed by atoms with Crippen molar-refractivity contribution in [2.75, 3.05) is 6.61 Å². The molecule has 0 aliphatic heterocycles. The quantitative estimate of drug-likeness (QED) is 0.801. The van der Waals surface area contributed by atoms with Gasteiger partial charge in [0.2, 0.25) is 0 Å². The van der Waals surface area contributed by atoms with E-state index in [-0.39, 0.29) is 6.61 Å². The van der Waals surface area contributed by atoms with Crippen LogP contribution >= 0.6 is 0 Å². The normalized spacial score (nSPS) is 10.8. The van der Waals surface area contributed by atoms with Crippen LogP contribution < -0.4 is 5.32 Å². The van der Waals surface area contributed by atoms with Gasteiger partial charge < -0.3 is 15.2 Å². The third-order valence-electron chi connectivity index (χ3n) is 2.06. The number of carboxylic acid groups (broad SMARTS) is 1. The van der Waals surface area contributed by atoms with Crippen molar-refractivity contribution in [1.82, 2.24) is 15.3 Å². The minimum Gasteiger partial charge on any atom is -0.478 e. The van der Waals surface area contributed by atoms with Gasteiger partial charge in [-0.3, -0.25) is 0 Å². The topological polar surface area (TPSA) is 101 Å². The molecule has 1 aromatic rings. The zero-order chi connectivity index (χ0) is 16.0. The highest BCUT2D eigenvalue weighted by molar-refractivity contribution is 5.88. The number of carbonyl (C=O) groups excluding carboxylic acids is 1. The summed E-state index contributed by atoms with van der Waals surface area (Å²) in [7, 11) is 0. The smallest absolute Gasteiger partial charge is 0.434 e. The number of hydrogen-bond acceptors (Lipinski definition) is 5. The van der Waals surface area contributed by atoms with Crippen molar-refractivity contribution in [1.29, 1.82) is 0 Å². The van der Waals surface area contributed by atoms with E-state index in [2.05, 4.69) is 26.6 Å². The van der Waals surface area contributed by atoms with Crippen molar-refractivity contribution < 1.29 is 32.6 Å². The van der Waals surface area contributed by atoms with Crippen LogP contribution in [-0.2, 0) is 17.5 Å². The van der Waals surface area contributed by atoms with Gasteiger partial charge in [-0.15, -0.1) is 0 Å². The lowest BCUT2D eigenvalue weighted by atomic mass is 10.2. The number of halogens is 3. The number of carbonyl (C=O) groups is 2. The summed E-state index contributed by atoms with van der Waals surface area (Å²) >= 11 is 0. The Bertz CT molecular complexity index is 560. The van der Waals surface area contributed by atoms with E-state index in [1.807, 2.05) is 0 Å². The van der Waals surface area contributed by atoms with Gasteiger partial charge in [0.15, 0.2) is 5.69 Å². The van der Waals surface area contributed by atoms with E-state index in [9.17, 15) is 22.8 Å². The van der Waals surface area contributed by atoms with Crippen molar-refractivity contribution >= 4 is 12.1 Å². The number of carboxylic acids is 1. The minimum atomic E-state index is -4.95. The molecule has 0 aliphatic rings. The highest BCUT2D eigenvalue weighted by atomic mass is 19.4. The van der Waals surface area contributed by atoms with Crippen molar-refractivity contribution in [2.45, 2.75) is 12.7 Å². The van der Waals surface area contributed by atoms with Gasteiger partial charge in [0, 0.05) is 6.20 Å². The summed E-state index contributed by atoms with van der Waals surface area (Å²) < 4.78 is 42.6. The number of ether oxygens (including phenoxy) is 1. The van der Waals surface area contributed by atoms with E-state index in [1.165, 1.54) is 6.08 Å². The van der Waals surface area contributed by atoms with Crippen molar-refractivity contribution in [3.8, 4) is 0 Å². The van der Waals surface area contributed by atoms with Crippen LogP contribution in [0.1, 0.15) is 21.9 Å². The van der Waals surface area contributed by atoms with E-state index >= 15 is 0 Å². The molecule has 1 rings (SSSR count). The highest BCUT2D eigenvalue weighted by Gasteiger charge is 2.38. The van der Waals surface area contributed by atoms with Gasteiger partial charge in [0.25, 0.3) is 0 Å². The average molecular weight is 305 g/mol. The second-order valence-corrected chi connectivity index (χ2v) is 3.59. The fraction of sp³-hybridized carbons (Fsp3) is 0.273. The molecule has 10 heteroatoms. The number of alkyl carbamates (subject to hydrolysis) is 1. The summed E-state index contributed by atoms with van der Waals surface area (Å²) in [4.78, 5) is 28.3. The largest absolute Gasteiger partial charge is 0.478 e. The Labute approximate surface area is 116 Å². The Balaban J connectivity index is 2.88. The molecule has 0 radical (unpaired) electrons. The summed E-state index contributed by atoms with van der Waals surface area (Å²) in [5.41, 5.74) is -2.65. The van der Waals surface area contributed by atoms with Gasteiger partial charge in [0.05, 0.1) is 6.54 Å². The maximum absolute atomic E-state index is 12.7. The van der Waals surface area contributed by atoms with Crippen molar-refractivity contribution in [2.24, 2.45) is 0 Å². The molecule has 0 spiro atoms. The number of amides is 1. The number of aromatic carboxylic acids is 1. The van der Waals surface area contributed by atoms with E-state index in [4.69, 9.17) is 5.11 Å². The third kappa shape index (κ3) is 4.75. The van der Waals surface area contributed by atoms with Gasteiger partial charge in [-0.25, -0.2) is 19.6 Å². The number of aromatic nitrogens is 2. The first-order valence-electron chi connectivity index (χ1n) is 5.43. The van der Waals surface area contributed by atoms with Gasteiger partial charge in [-0.1, -0.05) is 12.7 Å². The SMILES string of the molecule is C=CCOC(=O)NCc1ncc(C(=O)O)c(C(F)(F)F)n1. The van der Waals surface area contributed by atoms with E-state index in [1.54, 1.807) is 0 Å². The van der Waals surface area contributed by atoms with Gasteiger partial charge in [0.1, 0.15) is 18.0 Å². The molecule has 0 bridgehead atoms. The molecule has 0 saturated heterocycles. The Morgan fingerprint density at radius 1 is 1.48 bits per heavy atom. The number of hydrogen-bond donors (Lipinski definition) is 2. The fourth-order valence-electron chi connectivity index (χ4n) is 1.21.